The molecule has 25 heavy (non-hydrogen) atoms. The van der Waals surface area contributed by atoms with Gasteiger partial charge in [-0.3, -0.25) is 9.59 Å². The Labute approximate surface area is 146 Å². The fraction of sp³-hybridized carbons (Fsp3) is 0.444. The van der Waals surface area contributed by atoms with Crippen LogP contribution in [0.4, 0.5) is 0 Å². The number of benzene rings is 1. The SMILES string of the molecule is O=C(NCC(=O)N1CCCC1)c1nc(C2CC2)n(-c2ccccc2)n1. The third kappa shape index (κ3) is 3.40. The lowest BCUT2D eigenvalue weighted by Gasteiger charge is -2.14. The highest BCUT2D eigenvalue weighted by molar-refractivity contribution is 5.93. The normalized spacial score (nSPS) is 16.9. The third-order valence-electron chi connectivity index (χ3n) is 4.64. The van der Waals surface area contributed by atoms with Crippen LogP contribution >= 0.6 is 0 Å². The number of nitrogens with zero attached hydrogens (tertiary/aromatic N) is 4. The summed E-state index contributed by atoms with van der Waals surface area (Å²) in [7, 11) is 0. The molecule has 0 atom stereocenters. The number of hydrogen-bond donors (Lipinski definition) is 1. The summed E-state index contributed by atoms with van der Waals surface area (Å²) < 4.78 is 1.74. The lowest BCUT2D eigenvalue weighted by molar-refractivity contribution is -0.129. The summed E-state index contributed by atoms with van der Waals surface area (Å²) in [5.74, 6) is 0.863. The van der Waals surface area contributed by atoms with Crippen molar-refractivity contribution in [2.75, 3.05) is 19.6 Å². The molecule has 1 aromatic heterocycles. The molecule has 1 saturated heterocycles. The topological polar surface area (TPSA) is 80.1 Å². The van der Waals surface area contributed by atoms with Gasteiger partial charge in [-0.15, -0.1) is 5.10 Å². The highest BCUT2D eigenvalue weighted by atomic mass is 16.2. The molecular formula is C18H21N5O2. The molecule has 1 N–H and O–H groups in total. The summed E-state index contributed by atoms with van der Waals surface area (Å²) in [5.41, 5.74) is 0.893. The predicted octanol–water partition coefficient (Wildman–Crippen LogP) is 1.50. The van der Waals surface area contributed by atoms with Gasteiger partial charge in [0, 0.05) is 19.0 Å². The van der Waals surface area contributed by atoms with E-state index >= 15 is 0 Å². The van der Waals surface area contributed by atoms with Crippen LogP contribution in [0.15, 0.2) is 30.3 Å². The van der Waals surface area contributed by atoms with Crippen molar-refractivity contribution >= 4 is 11.8 Å². The van der Waals surface area contributed by atoms with Crippen molar-refractivity contribution < 1.29 is 9.59 Å². The molecule has 1 aromatic carbocycles. The minimum absolute atomic E-state index is 0.00251. The van der Waals surface area contributed by atoms with Gasteiger partial charge >= 0.3 is 0 Å². The molecule has 1 saturated carbocycles. The lowest BCUT2D eigenvalue weighted by Crippen LogP contribution is -2.39. The van der Waals surface area contributed by atoms with Gasteiger partial charge in [0.1, 0.15) is 5.82 Å². The Morgan fingerprint density at radius 3 is 2.52 bits per heavy atom. The number of carbonyl (C=O) groups is 2. The van der Waals surface area contributed by atoms with Crippen molar-refractivity contribution in [2.24, 2.45) is 0 Å². The monoisotopic (exact) mass is 339 g/mol. The van der Waals surface area contributed by atoms with Crippen LogP contribution in [-0.4, -0.2) is 51.1 Å². The smallest absolute Gasteiger partial charge is 0.291 e. The molecule has 0 radical (unpaired) electrons. The van der Waals surface area contributed by atoms with Gasteiger partial charge in [-0.1, -0.05) is 18.2 Å². The van der Waals surface area contributed by atoms with Crippen LogP contribution in [0.5, 0.6) is 0 Å². The molecule has 1 aliphatic heterocycles. The standard InChI is InChI=1S/C18H21N5O2/c24-15(22-10-4-5-11-22)12-19-18(25)16-20-17(13-8-9-13)23(21-16)14-6-2-1-3-7-14/h1-3,6-7,13H,4-5,8-12H2,(H,19,25). The summed E-state index contributed by atoms with van der Waals surface area (Å²) in [6.45, 7) is 1.56. The zero-order valence-electron chi connectivity index (χ0n) is 14.0. The van der Waals surface area contributed by atoms with E-state index in [1.807, 2.05) is 30.3 Å². The van der Waals surface area contributed by atoms with E-state index in [0.717, 1.165) is 50.3 Å². The first kappa shape index (κ1) is 15.8. The Morgan fingerprint density at radius 2 is 1.84 bits per heavy atom. The zero-order valence-corrected chi connectivity index (χ0v) is 14.0. The van der Waals surface area contributed by atoms with Crippen LogP contribution in [0.1, 0.15) is 48.0 Å². The van der Waals surface area contributed by atoms with Gasteiger partial charge in [0.2, 0.25) is 11.7 Å². The van der Waals surface area contributed by atoms with Crippen molar-refractivity contribution in [1.82, 2.24) is 25.0 Å². The average molecular weight is 339 g/mol. The van der Waals surface area contributed by atoms with Gasteiger partial charge in [-0.05, 0) is 37.8 Å². The summed E-state index contributed by atoms with van der Waals surface area (Å²) >= 11 is 0. The number of hydrogen-bond acceptors (Lipinski definition) is 4. The molecule has 7 heteroatoms. The second kappa shape index (κ2) is 6.66. The molecule has 4 rings (SSSR count). The maximum atomic E-state index is 12.4. The van der Waals surface area contributed by atoms with E-state index in [1.54, 1.807) is 9.58 Å². The average Bonchev–Trinajstić information content (AvgIpc) is 3.16. The first-order chi connectivity index (χ1) is 12.2. The van der Waals surface area contributed by atoms with Crippen molar-refractivity contribution in [2.45, 2.75) is 31.6 Å². The number of likely N-dealkylation sites (tertiary alicyclic amines) is 1. The molecule has 0 unspecified atom stereocenters. The van der Waals surface area contributed by atoms with E-state index in [-0.39, 0.29) is 18.3 Å². The summed E-state index contributed by atoms with van der Waals surface area (Å²) in [6, 6.07) is 9.69. The molecule has 0 spiro atoms. The Kier molecular flexibility index (Phi) is 4.21. The maximum absolute atomic E-state index is 12.4. The van der Waals surface area contributed by atoms with E-state index in [9.17, 15) is 9.59 Å². The molecule has 2 amide bonds. The minimum Gasteiger partial charge on any atom is -0.341 e. The molecular weight excluding hydrogens is 318 g/mol. The number of amides is 2. The van der Waals surface area contributed by atoms with Crippen molar-refractivity contribution in [1.29, 1.82) is 0 Å². The van der Waals surface area contributed by atoms with E-state index in [0.29, 0.717) is 5.92 Å². The Bertz CT molecular complexity index is 776. The van der Waals surface area contributed by atoms with Gasteiger partial charge in [-0.2, -0.15) is 0 Å². The quantitative estimate of drug-likeness (QED) is 0.895. The molecule has 2 aliphatic rings. The zero-order chi connectivity index (χ0) is 17.2. The number of carbonyl (C=O) groups excluding carboxylic acids is 2. The van der Waals surface area contributed by atoms with Crippen LogP contribution < -0.4 is 5.32 Å². The van der Waals surface area contributed by atoms with Gasteiger partial charge in [0.15, 0.2) is 0 Å². The summed E-state index contributed by atoms with van der Waals surface area (Å²) in [6.07, 6.45) is 4.21. The molecule has 1 aliphatic carbocycles. The molecule has 7 nitrogen and oxygen atoms in total. The largest absolute Gasteiger partial charge is 0.341 e. The first-order valence-corrected chi connectivity index (χ1v) is 8.81. The van der Waals surface area contributed by atoms with Crippen LogP contribution in [0.3, 0.4) is 0 Å². The van der Waals surface area contributed by atoms with Crippen LogP contribution in [0.25, 0.3) is 5.69 Å². The summed E-state index contributed by atoms with van der Waals surface area (Å²) in [4.78, 5) is 30.7. The molecule has 2 heterocycles. The van der Waals surface area contributed by atoms with Gasteiger partial charge in [-0.25, -0.2) is 9.67 Å². The van der Waals surface area contributed by atoms with E-state index in [4.69, 9.17) is 0 Å². The molecule has 2 aromatic rings. The molecule has 130 valence electrons. The number of para-hydroxylation sites is 1. The van der Waals surface area contributed by atoms with Crippen molar-refractivity contribution in [3.05, 3.63) is 42.0 Å². The fourth-order valence-electron chi connectivity index (χ4n) is 3.10. The maximum Gasteiger partial charge on any atom is 0.291 e. The Hall–Kier alpha value is -2.70. The Morgan fingerprint density at radius 1 is 1.12 bits per heavy atom. The highest BCUT2D eigenvalue weighted by Gasteiger charge is 2.31. The second-order valence-electron chi connectivity index (χ2n) is 6.59. The number of rotatable bonds is 5. The molecule has 0 bridgehead atoms. The highest BCUT2D eigenvalue weighted by Crippen LogP contribution is 2.39. The Balaban J connectivity index is 1.48. The number of aromatic nitrogens is 3. The van der Waals surface area contributed by atoms with Crippen LogP contribution in [0, 0.1) is 0 Å². The first-order valence-electron chi connectivity index (χ1n) is 8.81. The second-order valence-corrected chi connectivity index (χ2v) is 6.59. The summed E-state index contributed by atoms with van der Waals surface area (Å²) in [5, 5.41) is 7.04. The van der Waals surface area contributed by atoms with E-state index < -0.39 is 5.91 Å². The van der Waals surface area contributed by atoms with Crippen LogP contribution in [-0.2, 0) is 4.79 Å². The van der Waals surface area contributed by atoms with Crippen molar-refractivity contribution in [3.8, 4) is 5.69 Å². The predicted molar refractivity (Wildman–Crippen MR) is 91.5 cm³/mol. The lowest BCUT2D eigenvalue weighted by atomic mass is 10.3. The molecule has 2 fully saturated rings. The van der Waals surface area contributed by atoms with Gasteiger partial charge < -0.3 is 10.2 Å². The van der Waals surface area contributed by atoms with Crippen LogP contribution in [0.2, 0.25) is 0 Å². The van der Waals surface area contributed by atoms with E-state index in [2.05, 4.69) is 15.4 Å². The van der Waals surface area contributed by atoms with Gasteiger partial charge in [0.05, 0.1) is 12.2 Å². The number of nitrogens with one attached hydrogen (secondary N) is 1. The van der Waals surface area contributed by atoms with E-state index in [1.165, 1.54) is 0 Å². The van der Waals surface area contributed by atoms with Gasteiger partial charge in [0.25, 0.3) is 5.91 Å². The van der Waals surface area contributed by atoms with Crippen molar-refractivity contribution in [3.63, 3.8) is 0 Å². The fourth-order valence-corrected chi connectivity index (χ4v) is 3.10. The third-order valence-corrected chi connectivity index (χ3v) is 4.64. The minimum atomic E-state index is -0.399.